The fourth-order valence-electron chi connectivity index (χ4n) is 3.32. The van der Waals surface area contributed by atoms with E-state index in [2.05, 4.69) is 6.58 Å². The van der Waals surface area contributed by atoms with Gasteiger partial charge in [0.1, 0.15) is 0 Å². The number of carbonyl (C=O) groups is 2. The van der Waals surface area contributed by atoms with E-state index in [1.165, 1.54) is 12.6 Å². The van der Waals surface area contributed by atoms with Gasteiger partial charge in [0, 0.05) is 12.6 Å². The van der Waals surface area contributed by atoms with Crippen molar-refractivity contribution in [3.8, 4) is 6.19 Å². The number of rotatable bonds is 5. The zero-order valence-corrected chi connectivity index (χ0v) is 14.0. The van der Waals surface area contributed by atoms with Crippen molar-refractivity contribution >= 4 is 11.8 Å². The van der Waals surface area contributed by atoms with Crippen LogP contribution in [-0.2, 0) is 4.79 Å². The van der Waals surface area contributed by atoms with E-state index in [4.69, 9.17) is 11.0 Å². The maximum Gasteiger partial charge on any atom is 0.249 e. The van der Waals surface area contributed by atoms with Gasteiger partial charge in [0.15, 0.2) is 6.19 Å². The Morgan fingerprint density at radius 3 is 2.58 bits per heavy atom. The molecule has 5 nitrogen and oxygen atoms in total. The van der Waals surface area contributed by atoms with Gasteiger partial charge < -0.3 is 5.73 Å². The van der Waals surface area contributed by atoms with Gasteiger partial charge in [0.25, 0.3) is 0 Å². The summed E-state index contributed by atoms with van der Waals surface area (Å²) in [5.41, 5.74) is 7.68. The van der Waals surface area contributed by atoms with Gasteiger partial charge in [-0.15, -0.1) is 0 Å². The summed E-state index contributed by atoms with van der Waals surface area (Å²) in [7, 11) is 1.45. The molecule has 24 heavy (non-hydrogen) atoms. The second-order valence-corrected chi connectivity index (χ2v) is 6.43. The molecule has 0 bridgehead atoms. The number of hydrogen-bond donors (Lipinski definition) is 1. The summed E-state index contributed by atoms with van der Waals surface area (Å²) >= 11 is 0. The molecule has 2 rings (SSSR count). The number of benzene rings is 1. The molecule has 1 atom stereocenters. The highest BCUT2D eigenvalue weighted by molar-refractivity contribution is 5.97. The lowest BCUT2D eigenvalue weighted by Gasteiger charge is -2.28. The number of amides is 2. The van der Waals surface area contributed by atoms with Crippen molar-refractivity contribution in [3.63, 3.8) is 0 Å². The molecule has 0 heterocycles. The first-order valence-electron chi connectivity index (χ1n) is 8.16. The van der Waals surface area contributed by atoms with E-state index in [0.717, 1.165) is 30.6 Å². The number of nitriles is 1. The van der Waals surface area contributed by atoms with Crippen LogP contribution in [0.25, 0.3) is 0 Å². The Morgan fingerprint density at radius 1 is 1.38 bits per heavy atom. The van der Waals surface area contributed by atoms with Crippen LogP contribution in [0, 0.1) is 17.4 Å². The Balaban J connectivity index is 2.33. The van der Waals surface area contributed by atoms with Crippen molar-refractivity contribution in [2.75, 3.05) is 7.05 Å². The van der Waals surface area contributed by atoms with Crippen LogP contribution in [0.1, 0.15) is 53.9 Å². The van der Waals surface area contributed by atoms with Crippen molar-refractivity contribution in [1.82, 2.24) is 4.90 Å². The molecule has 2 amide bonds. The lowest BCUT2D eigenvalue weighted by Crippen LogP contribution is -2.31. The van der Waals surface area contributed by atoms with Crippen LogP contribution in [0.5, 0.6) is 0 Å². The van der Waals surface area contributed by atoms with Crippen LogP contribution in [0.4, 0.5) is 0 Å². The summed E-state index contributed by atoms with van der Waals surface area (Å²) in [5, 5.41) is 9.07. The first-order chi connectivity index (χ1) is 11.4. The third-order valence-electron chi connectivity index (χ3n) is 4.76. The average molecular weight is 325 g/mol. The van der Waals surface area contributed by atoms with E-state index in [-0.39, 0.29) is 5.91 Å². The molecule has 0 spiro atoms. The van der Waals surface area contributed by atoms with E-state index in [9.17, 15) is 9.59 Å². The molecule has 0 aromatic heterocycles. The Bertz CT molecular complexity index is 680. The number of hydrogen-bond acceptors (Lipinski definition) is 3. The predicted octanol–water partition coefficient (Wildman–Crippen LogP) is 2.95. The Kier molecular flexibility index (Phi) is 5.75. The van der Waals surface area contributed by atoms with Gasteiger partial charge in [-0.1, -0.05) is 30.4 Å². The third kappa shape index (κ3) is 4.02. The van der Waals surface area contributed by atoms with Crippen molar-refractivity contribution in [3.05, 3.63) is 47.5 Å². The van der Waals surface area contributed by atoms with Crippen LogP contribution < -0.4 is 5.73 Å². The summed E-state index contributed by atoms with van der Waals surface area (Å²) in [5.74, 6) is -1.01. The zero-order chi connectivity index (χ0) is 17.7. The number of carbonyl (C=O) groups excluding carboxylic acids is 2. The van der Waals surface area contributed by atoms with Gasteiger partial charge in [0.2, 0.25) is 11.8 Å². The number of likely N-dealkylation sites (N-methyl/N-ethyl adjacent to an activating group) is 1. The van der Waals surface area contributed by atoms with E-state index >= 15 is 0 Å². The van der Waals surface area contributed by atoms with Gasteiger partial charge in [-0.3, -0.25) is 14.5 Å². The topological polar surface area (TPSA) is 87.2 Å². The molecule has 1 saturated carbocycles. The SMILES string of the molecule is C=C1CCC(C[C@H](C(=O)N(C)C#N)c2ccccc2C(N)=O)CC1. The van der Waals surface area contributed by atoms with Crippen molar-refractivity contribution in [1.29, 1.82) is 5.26 Å². The van der Waals surface area contributed by atoms with Crippen molar-refractivity contribution < 1.29 is 9.59 Å². The van der Waals surface area contributed by atoms with Crippen molar-refractivity contribution in [2.24, 2.45) is 11.7 Å². The van der Waals surface area contributed by atoms with Gasteiger partial charge in [-0.2, -0.15) is 5.26 Å². The quantitative estimate of drug-likeness (QED) is 0.513. The molecule has 1 aliphatic rings. The Labute approximate surface area is 142 Å². The van der Waals surface area contributed by atoms with Gasteiger partial charge >= 0.3 is 0 Å². The highest BCUT2D eigenvalue weighted by Gasteiger charge is 2.30. The van der Waals surface area contributed by atoms with E-state index in [1.54, 1.807) is 24.3 Å². The molecule has 1 aromatic rings. The molecular formula is C19H23N3O2. The molecular weight excluding hydrogens is 302 g/mol. The Hall–Kier alpha value is -2.61. The monoisotopic (exact) mass is 325 g/mol. The number of allylic oxidation sites excluding steroid dienone is 1. The van der Waals surface area contributed by atoms with Crippen molar-refractivity contribution in [2.45, 2.75) is 38.0 Å². The summed E-state index contributed by atoms with van der Waals surface area (Å²) in [6.07, 6.45) is 6.38. The molecule has 0 radical (unpaired) electrons. The van der Waals surface area contributed by atoms with Crippen LogP contribution in [0.15, 0.2) is 36.4 Å². The van der Waals surface area contributed by atoms with Gasteiger partial charge in [-0.05, 0) is 49.7 Å². The molecule has 0 aliphatic heterocycles. The van der Waals surface area contributed by atoms with Crippen LogP contribution >= 0.6 is 0 Å². The van der Waals surface area contributed by atoms with E-state index in [1.807, 2.05) is 6.19 Å². The minimum Gasteiger partial charge on any atom is -0.366 e. The number of primary amides is 1. The highest BCUT2D eigenvalue weighted by atomic mass is 16.2. The largest absolute Gasteiger partial charge is 0.366 e. The van der Waals surface area contributed by atoms with Crippen LogP contribution in [0.2, 0.25) is 0 Å². The minimum atomic E-state index is -0.556. The lowest BCUT2D eigenvalue weighted by atomic mass is 9.78. The fourth-order valence-corrected chi connectivity index (χ4v) is 3.32. The molecule has 1 aromatic carbocycles. The molecule has 0 unspecified atom stereocenters. The molecule has 126 valence electrons. The second-order valence-electron chi connectivity index (χ2n) is 6.43. The average Bonchev–Trinajstić information content (AvgIpc) is 2.60. The molecule has 2 N–H and O–H groups in total. The summed E-state index contributed by atoms with van der Waals surface area (Å²) in [4.78, 5) is 25.5. The molecule has 1 aliphatic carbocycles. The van der Waals surface area contributed by atoms with E-state index in [0.29, 0.717) is 23.5 Å². The second kappa shape index (κ2) is 7.78. The number of nitrogens with zero attached hydrogens (tertiary/aromatic N) is 2. The minimum absolute atomic E-state index is 0.296. The van der Waals surface area contributed by atoms with E-state index < -0.39 is 11.8 Å². The van der Waals surface area contributed by atoms with Gasteiger partial charge in [-0.25, -0.2) is 0 Å². The highest BCUT2D eigenvalue weighted by Crippen LogP contribution is 2.36. The summed E-state index contributed by atoms with van der Waals surface area (Å²) < 4.78 is 0. The molecule has 0 saturated heterocycles. The smallest absolute Gasteiger partial charge is 0.249 e. The third-order valence-corrected chi connectivity index (χ3v) is 4.76. The fraction of sp³-hybridized carbons (Fsp3) is 0.421. The first kappa shape index (κ1) is 17.7. The lowest BCUT2D eigenvalue weighted by molar-refractivity contribution is -0.129. The van der Waals surface area contributed by atoms with Crippen LogP contribution in [0.3, 0.4) is 0 Å². The summed E-state index contributed by atoms with van der Waals surface area (Å²) in [6.45, 7) is 4.02. The van der Waals surface area contributed by atoms with Crippen LogP contribution in [-0.4, -0.2) is 23.8 Å². The molecule has 1 fully saturated rings. The summed E-state index contributed by atoms with van der Waals surface area (Å²) in [6, 6.07) is 6.91. The molecule has 5 heteroatoms. The first-order valence-corrected chi connectivity index (χ1v) is 8.16. The normalized spacial score (nSPS) is 16.2. The predicted molar refractivity (Wildman–Crippen MR) is 91.8 cm³/mol. The maximum atomic E-state index is 12.7. The Morgan fingerprint density at radius 2 is 2.00 bits per heavy atom. The standard InChI is InChI=1S/C19H23N3O2/c1-13-7-9-14(10-8-13)11-17(19(24)22(2)12-20)15-5-3-4-6-16(15)18(21)23/h3-6,14,17H,1,7-11H2,2H3,(H2,21,23)/t17-/m0/s1. The van der Waals surface area contributed by atoms with Gasteiger partial charge in [0.05, 0.1) is 5.92 Å². The zero-order valence-electron chi connectivity index (χ0n) is 14.0. The maximum absolute atomic E-state index is 12.7. The number of nitrogens with two attached hydrogens (primary N) is 1.